The predicted octanol–water partition coefficient (Wildman–Crippen LogP) is 4.16. The molecule has 0 atom stereocenters. The first kappa shape index (κ1) is 19.9. The molecule has 3 rings (SSSR count). The van der Waals surface area contributed by atoms with Crippen LogP contribution in [-0.4, -0.2) is 14.3 Å². The van der Waals surface area contributed by atoms with Crippen molar-refractivity contribution in [3.63, 3.8) is 0 Å². The monoisotopic (exact) mass is 416 g/mol. The molecule has 0 aliphatic rings. The Balaban J connectivity index is 1.70. The number of carbonyl (C=O) groups is 1. The lowest BCUT2D eigenvalue weighted by Crippen LogP contribution is -2.15. The summed E-state index contributed by atoms with van der Waals surface area (Å²) >= 11 is 1.46. The van der Waals surface area contributed by atoms with Crippen molar-refractivity contribution in [3.8, 4) is 10.4 Å². The number of carbonyl (C=O) groups excluding carboxylic acids is 1. The first-order valence-electron chi connectivity index (χ1n) is 8.21. The Morgan fingerprint density at radius 1 is 1.11 bits per heavy atom. The number of nitrogens with one attached hydrogen (secondary N) is 1. The lowest BCUT2D eigenvalue weighted by Gasteiger charge is -2.07. The zero-order valence-electron chi connectivity index (χ0n) is 14.8. The molecule has 0 saturated carbocycles. The van der Waals surface area contributed by atoms with Gasteiger partial charge in [-0.1, -0.05) is 18.2 Å². The van der Waals surface area contributed by atoms with Gasteiger partial charge in [0.1, 0.15) is 5.82 Å². The molecule has 28 heavy (non-hydrogen) atoms. The van der Waals surface area contributed by atoms with Gasteiger partial charge in [0.25, 0.3) is 0 Å². The molecule has 2 aromatic carbocycles. The number of primary sulfonamides is 1. The largest absolute Gasteiger partial charge is 0.322 e. The van der Waals surface area contributed by atoms with Crippen molar-refractivity contribution in [2.24, 2.45) is 5.14 Å². The average molecular weight is 416 g/mol. The van der Waals surface area contributed by atoms with Crippen LogP contribution in [-0.2, 0) is 14.8 Å². The maximum absolute atomic E-state index is 13.0. The molecule has 0 radical (unpaired) electrons. The maximum Gasteiger partial charge on any atom is 0.248 e. The topological polar surface area (TPSA) is 89.3 Å². The highest BCUT2D eigenvalue weighted by Crippen LogP contribution is 2.29. The molecule has 0 spiro atoms. The summed E-state index contributed by atoms with van der Waals surface area (Å²) in [4.78, 5) is 13.9. The molecule has 1 amide bonds. The van der Waals surface area contributed by atoms with Gasteiger partial charge in [-0.25, -0.2) is 17.9 Å². The molecule has 1 aromatic heterocycles. The maximum atomic E-state index is 13.0. The SMILES string of the molecule is Cc1ccc(NC(=O)C=Cc2ccc(-c3ccc(F)cc3)s2)cc1S(N)(=O)=O. The molecule has 0 bridgehead atoms. The van der Waals surface area contributed by atoms with Gasteiger partial charge in [0.15, 0.2) is 0 Å². The van der Waals surface area contributed by atoms with Crippen LogP contribution in [0.15, 0.2) is 65.6 Å². The second-order valence-corrected chi connectivity index (χ2v) is 8.70. The van der Waals surface area contributed by atoms with Crippen molar-refractivity contribution in [3.05, 3.63) is 76.9 Å². The summed E-state index contributed by atoms with van der Waals surface area (Å²) < 4.78 is 36.2. The van der Waals surface area contributed by atoms with E-state index in [0.717, 1.165) is 15.3 Å². The number of halogens is 1. The van der Waals surface area contributed by atoms with Crippen molar-refractivity contribution in [2.75, 3.05) is 5.32 Å². The number of nitrogens with two attached hydrogens (primary N) is 1. The summed E-state index contributed by atoms with van der Waals surface area (Å²) in [5, 5.41) is 7.79. The minimum Gasteiger partial charge on any atom is -0.322 e. The zero-order chi connectivity index (χ0) is 20.3. The second kappa shape index (κ2) is 8.05. The molecule has 1 heterocycles. The third-order valence-electron chi connectivity index (χ3n) is 3.92. The summed E-state index contributed by atoms with van der Waals surface area (Å²) in [5.41, 5.74) is 1.73. The van der Waals surface area contributed by atoms with E-state index >= 15 is 0 Å². The fourth-order valence-corrected chi connectivity index (χ4v) is 4.26. The van der Waals surface area contributed by atoms with Crippen molar-refractivity contribution >= 4 is 39.0 Å². The molecular formula is C20H17FN2O3S2. The first-order valence-corrected chi connectivity index (χ1v) is 10.6. The molecule has 5 nitrogen and oxygen atoms in total. The van der Waals surface area contributed by atoms with Crippen LogP contribution in [0.1, 0.15) is 10.4 Å². The van der Waals surface area contributed by atoms with E-state index in [2.05, 4.69) is 5.32 Å². The van der Waals surface area contributed by atoms with Gasteiger partial charge >= 0.3 is 0 Å². The lowest BCUT2D eigenvalue weighted by molar-refractivity contribution is -0.111. The van der Waals surface area contributed by atoms with Crippen molar-refractivity contribution in [2.45, 2.75) is 11.8 Å². The van der Waals surface area contributed by atoms with E-state index in [0.29, 0.717) is 11.3 Å². The Labute approximate surface area is 166 Å². The van der Waals surface area contributed by atoms with Crippen molar-refractivity contribution < 1.29 is 17.6 Å². The van der Waals surface area contributed by atoms with Gasteiger partial charge in [-0.05, 0) is 60.5 Å². The van der Waals surface area contributed by atoms with Gasteiger partial charge in [-0.3, -0.25) is 4.79 Å². The van der Waals surface area contributed by atoms with Gasteiger partial charge in [0.05, 0.1) is 4.90 Å². The predicted molar refractivity (Wildman–Crippen MR) is 110 cm³/mol. The zero-order valence-corrected chi connectivity index (χ0v) is 16.5. The Bertz CT molecular complexity index is 1150. The standard InChI is InChI=1S/C20H17FN2O3S2/c1-13-2-7-16(12-19(13)28(22,25)26)23-20(24)11-9-17-8-10-18(27-17)14-3-5-15(21)6-4-14/h2-12H,1H3,(H,23,24)(H2,22,25,26). The van der Waals surface area contributed by atoms with Gasteiger partial charge in [0, 0.05) is 21.5 Å². The van der Waals surface area contributed by atoms with E-state index < -0.39 is 15.9 Å². The third-order valence-corrected chi connectivity index (χ3v) is 6.07. The van der Waals surface area contributed by atoms with Crippen LogP contribution >= 0.6 is 11.3 Å². The second-order valence-electron chi connectivity index (χ2n) is 6.06. The molecule has 8 heteroatoms. The Morgan fingerprint density at radius 3 is 2.50 bits per heavy atom. The van der Waals surface area contributed by atoms with Crippen molar-refractivity contribution in [1.82, 2.24) is 0 Å². The van der Waals surface area contributed by atoms with Crippen LogP contribution in [0.4, 0.5) is 10.1 Å². The van der Waals surface area contributed by atoms with Crippen molar-refractivity contribution in [1.29, 1.82) is 0 Å². The molecule has 0 aliphatic heterocycles. The number of amides is 1. The number of hydrogen-bond donors (Lipinski definition) is 2. The van der Waals surface area contributed by atoms with Crippen LogP contribution in [0.2, 0.25) is 0 Å². The summed E-state index contributed by atoms with van der Waals surface area (Å²) in [7, 11) is -3.86. The van der Waals surface area contributed by atoms with Gasteiger partial charge in [0.2, 0.25) is 15.9 Å². The summed E-state index contributed by atoms with van der Waals surface area (Å²) in [6.07, 6.45) is 3.01. The Morgan fingerprint density at radius 2 is 1.82 bits per heavy atom. The van der Waals surface area contributed by atoms with Crippen LogP contribution in [0.25, 0.3) is 16.5 Å². The highest BCUT2D eigenvalue weighted by Gasteiger charge is 2.12. The molecule has 3 aromatic rings. The highest BCUT2D eigenvalue weighted by molar-refractivity contribution is 7.89. The highest BCUT2D eigenvalue weighted by atomic mass is 32.2. The van der Waals surface area contributed by atoms with Gasteiger partial charge in [-0.15, -0.1) is 11.3 Å². The normalized spacial score (nSPS) is 11.7. The summed E-state index contributed by atoms with van der Waals surface area (Å²) in [6.45, 7) is 1.63. The number of hydrogen-bond acceptors (Lipinski definition) is 4. The summed E-state index contributed by atoms with van der Waals surface area (Å²) in [6, 6.07) is 14.5. The van der Waals surface area contributed by atoms with E-state index in [4.69, 9.17) is 5.14 Å². The quantitative estimate of drug-likeness (QED) is 0.612. The minimum atomic E-state index is -3.86. The van der Waals surface area contributed by atoms with E-state index in [1.54, 1.807) is 37.3 Å². The third kappa shape index (κ3) is 4.92. The summed E-state index contributed by atoms with van der Waals surface area (Å²) in [5.74, 6) is -0.695. The Hall–Kier alpha value is -2.81. The number of thiophene rings is 1. The fraction of sp³-hybridized carbons (Fsp3) is 0.0500. The van der Waals surface area contributed by atoms with Crippen LogP contribution in [0, 0.1) is 12.7 Å². The van der Waals surface area contributed by atoms with E-state index in [9.17, 15) is 17.6 Å². The van der Waals surface area contributed by atoms with E-state index in [1.165, 1.54) is 35.6 Å². The van der Waals surface area contributed by atoms with E-state index in [-0.39, 0.29) is 10.7 Å². The molecule has 0 fully saturated rings. The lowest BCUT2D eigenvalue weighted by atomic mass is 10.2. The fourth-order valence-electron chi connectivity index (χ4n) is 2.54. The molecule has 0 unspecified atom stereocenters. The number of anilines is 1. The first-order chi connectivity index (χ1) is 13.2. The van der Waals surface area contributed by atoms with Crippen LogP contribution in [0.5, 0.6) is 0 Å². The van der Waals surface area contributed by atoms with Gasteiger partial charge in [-0.2, -0.15) is 0 Å². The number of aryl methyl sites for hydroxylation is 1. The number of benzene rings is 2. The number of sulfonamides is 1. The molecule has 144 valence electrons. The molecule has 0 saturated heterocycles. The van der Waals surface area contributed by atoms with Crippen LogP contribution < -0.4 is 10.5 Å². The minimum absolute atomic E-state index is 0.0310. The Kier molecular flexibility index (Phi) is 5.73. The smallest absolute Gasteiger partial charge is 0.248 e. The molecule has 3 N–H and O–H groups in total. The molecule has 0 aliphatic carbocycles. The van der Waals surface area contributed by atoms with Crippen LogP contribution in [0.3, 0.4) is 0 Å². The number of rotatable bonds is 5. The average Bonchev–Trinajstić information content (AvgIpc) is 3.10. The molecular weight excluding hydrogens is 399 g/mol. The van der Waals surface area contributed by atoms with E-state index in [1.807, 2.05) is 12.1 Å². The van der Waals surface area contributed by atoms with Gasteiger partial charge < -0.3 is 5.32 Å².